The molecule has 1 amide bonds. The van der Waals surface area contributed by atoms with E-state index < -0.39 is 12.1 Å². The summed E-state index contributed by atoms with van der Waals surface area (Å²) in [5, 5.41) is 6.08. The molecule has 102 valence electrons. The summed E-state index contributed by atoms with van der Waals surface area (Å²) in [5.41, 5.74) is 1.09. The topological polar surface area (TPSA) is 77.0 Å². The van der Waals surface area contributed by atoms with Gasteiger partial charge in [-0.05, 0) is 26.7 Å². The van der Waals surface area contributed by atoms with E-state index in [9.17, 15) is 9.59 Å². The molecule has 0 unspecified atom stereocenters. The number of hydrogen-bond acceptors (Lipinski definition) is 5. The summed E-state index contributed by atoms with van der Waals surface area (Å²) in [4.78, 5) is 26.7. The van der Waals surface area contributed by atoms with E-state index in [-0.39, 0.29) is 6.61 Å². The van der Waals surface area contributed by atoms with Gasteiger partial charge < -0.3 is 10.1 Å². The summed E-state index contributed by atoms with van der Waals surface area (Å²) < 4.78 is 4.84. The maximum atomic E-state index is 11.1. The van der Waals surface area contributed by atoms with Gasteiger partial charge in [0.05, 0.1) is 12.3 Å². The number of hydrogen-bond donors (Lipinski definition) is 1. The van der Waals surface area contributed by atoms with Crippen LogP contribution in [0.3, 0.4) is 0 Å². The molecule has 6 heteroatoms. The van der Waals surface area contributed by atoms with Crippen molar-refractivity contribution in [3.63, 3.8) is 0 Å². The highest BCUT2D eigenvalue weighted by molar-refractivity contribution is 5.86. The Morgan fingerprint density at radius 1 is 1.33 bits per heavy atom. The first-order valence-electron chi connectivity index (χ1n) is 5.78. The summed E-state index contributed by atoms with van der Waals surface area (Å²) >= 11 is 0. The van der Waals surface area contributed by atoms with Gasteiger partial charge in [0.25, 0.3) is 0 Å². The third-order valence-corrected chi connectivity index (χ3v) is 1.97. The van der Waals surface area contributed by atoms with Gasteiger partial charge >= 0.3 is 12.1 Å². The van der Waals surface area contributed by atoms with Crippen LogP contribution in [0.1, 0.15) is 33.6 Å². The second kappa shape index (κ2) is 9.21. The second-order valence-electron chi connectivity index (χ2n) is 3.76. The molecule has 0 rings (SSSR count). The molecule has 0 aliphatic rings. The first-order valence-corrected chi connectivity index (χ1v) is 5.78. The van der Waals surface area contributed by atoms with Crippen molar-refractivity contribution in [1.29, 1.82) is 0 Å². The number of carbonyl (C=O) groups excluding carboxylic acids is 2. The van der Waals surface area contributed by atoms with Crippen molar-refractivity contribution in [3.8, 4) is 0 Å². The molecule has 0 radical (unpaired) electrons. The average molecular weight is 256 g/mol. The smallest absolute Gasteiger partial charge is 0.433 e. The number of carbonyl (C=O) groups is 2. The summed E-state index contributed by atoms with van der Waals surface area (Å²) in [7, 11) is 0. The maximum absolute atomic E-state index is 11.1. The van der Waals surface area contributed by atoms with Crippen molar-refractivity contribution >= 4 is 17.8 Å². The third-order valence-electron chi connectivity index (χ3n) is 1.97. The summed E-state index contributed by atoms with van der Waals surface area (Å²) in [6, 6.07) is 0. The number of amides is 1. The van der Waals surface area contributed by atoms with Gasteiger partial charge in [0.15, 0.2) is 0 Å². The molecule has 0 heterocycles. The van der Waals surface area contributed by atoms with E-state index in [0.29, 0.717) is 18.5 Å². The van der Waals surface area contributed by atoms with Crippen molar-refractivity contribution in [2.24, 2.45) is 5.16 Å². The molecule has 0 saturated carbocycles. The standard InChI is InChI=1S/C12H20N2O4/c1-5-10(4)14-18-12(16)13-7-6-8-17-11(15)9(2)3/h2,5-8H2,1,3-4H3,(H,13,16)/b14-10+. The van der Waals surface area contributed by atoms with Crippen LogP contribution < -0.4 is 5.32 Å². The predicted molar refractivity (Wildman–Crippen MR) is 68.3 cm³/mol. The Morgan fingerprint density at radius 2 is 2.00 bits per heavy atom. The van der Waals surface area contributed by atoms with Crippen LogP contribution in [-0.4, -0.2) is 30.9 Å². The molecule has 0 aromatic heterocycles. The number of oxime groups is 1. The Kier molecular flexibility index (Phi) is 8.26. The van der Waals surface area contributed by atoms with E-state index in [0.717, 1.165) is 12.1 Å². The molecule has 1 N–H and O–H groups in total. The molecule has 0 fully saturated rings. The Morgan fingerprint density at radius 3 is 2.56 bits per heavy atom. The minimum atomic E-state index is -0.617. The van der Waals surface area contributed by atoms with Gasteiger partial charge in [-0.1, -0.05) is 18.7 Å². The van der Waals surface area contributed by atoms with Gasteiger partial charge in [0.2, 0.25) is 0 Å². The van der Waals surface area contributed by atoms with Gasteiger partial charge in [-0.2, -0.15) is 0 Å². The van der Waals surface area contributed by atoms with Gasteiger partial charge in [-0.3, -0.25) is 4.84 Å². The molecule has 18 heavy (non-hydrogen) atoms. The first-order chi connectivity index (χ1) is 8.47. The lowest BCUT2D eigenvalue weighted by molar-refractivity contribution is -0.138. The van der Waals surface area contributed by atoms with E-state index in [2.05, 4.69) is 21.9 Å². The zero-order chi connectivity index (χ0) is 14.0. The fourth-order valence-corrected chi connectivity index (χ4v) is 0.767. The highest BCUT2D eigenvalue weighted by Crippen LogP contribution is 1.93. The summed E-state index contributed by atoms with van der Waals surface area (Å²) in [6.45, 7) is 9.28. The lowest BCUT2D eigenvalue weighted by Crippen LogP contribution is -2.25. The van der Waals surface area contributed by atoms with Crippen LogP contribution in [0.5, 0.6) is 0 Å². The van der Waals surface area contributed by atoms with E-state index in [1.165, 1.54) is 0 Å². The highest BCUT2D eigenvalue weighted by atomic mass is 16.7. The molecule has 0 aliphatic heterocycles. The summed E-state index contributed by atoms with van der Waals surface area (Å²) in [6.07, 6.45) is 0.614. The number of esters is 1. The summed E-state index contributed by atoms with van der Waals surface area (Å²) in [5.74, 6) is -0.430. The van der Waals surface area contributed by atoms with Gasteiger partial charge in [0, 0.05) is 12.1 Å². The lowest BCUT2D eigenvalue weighted by atomic mass is 10.3. The SMILES string of the molecule is C=C(C)C(=O)OCCCNC(=O)O/N=C(\C)CC. The fourth-order valence-electron chi connectivity index (χ4n) is 0.767. The largest absolute Gasteiger partial charge is 0.462 e. The van der Waals surface area contributed by atoms with Crippen LogP contribution in [0.25, 0.3) is 0 Å². The molecular weight excluding hydrogens is 236 g/mol. The molecular formula is C12H20N2O4. The van der Waals surface area contributed by atoms with Gasteiger partial charge in [-0.15, -0.1) is 0 Å². The molecule has 6 nitrogen and oxygen atoms in total. The molecule has 0 aromatic rings. The fraction of sp³-hybridized carbons (Fsp3) is 0.583. The van der Waals surface area contributed by atoms with Crippen molar-refractivity contribution in [2.75, 3.05) is 13.2 Å². The zero-order valence-electron chi connectivity index (χ0n) is 11.1. The first kappa shape index (κ1) is 16.1. The van der Waals surface area contributed by atoms with Crippen molar-refractivity contribution in [3.05, 3.63) is 12.2 Å². The van der Waals surface area contributed by atoms with Crippen LogP contribution in [-0.2, 0) is 14.4 Å². The molecule has 0 atom stereocenters. The van der Waals surface area contributed by atoms with Crippen molar-refractivity contribution in [2.45, 2.75) is 33.6 Å². The number of nitrogens with zero attached hydrogens (tertiary/aromatic N) is 1. The molecule has 0 aromatic carbocycles. The minimum Gasteiger partial charge on any atom is -0.462 e. The quantitative estimate of drug-likeness (QED) is 0.189. The minimum absolute atomic E-state index is 0.225. The van der Waals surface area contributed by atoms with E-state index in [1.54, 1.807) is 13.8 Å². The Labute approximate surface area is 107 Å². The van der Waals surface area contributed by atoms with Crippen LogP contribution in [0, 0.1) is 0 Å². The normalized spacial score (nSPS) is 10.7. The average Bonchev–Trinajstić information content (AvgIpc) is 2.34. The number of nitrogens with one attached hydrogen (secondary N) is 1. The van der Waals surface area contributed by atoms with Crippen molar-refractivity contribution < 1.29 is 19.2 Å². The molecule has 0 bridgehead atoms. The molecule has 0 aliphatic carbocycles. The Hall–Kier alpha value is -1.85. The van der Waals surface area contributed by atoms with Crippen LogP contribution >= 0.6 is 0 Å². The van der Waals surface area contributed by atoms with Crippen LogP contribution in [0.15, 0.2) is 17.3 Å². The maximum Gasteiger partial charge on any atom is 0.433 e. The lowest BCUT2D eigenvalue weighted by Gasteiger charge is -2.05. The Bertz CT molecular complexity index is 337. The van der Waals surface area contributed by atoms with E-state index in [4.69, 9.17) is 4.74 Å². The van der Waals surface area contributed by atoms with E-state index >= 15 is 0 Å². The third kappa shape index (κ3) is 8.32. The number of rotatable bonds is 7. The monoisotopic (exact) mass is 256 g/mol. The second-order valence-corrected chi connectivity index (χ2v) is 3.76. The van der Waals surface area contributed by atoms with Crippen LogP contribution in [0.4, 0.5) is 4.79 Å². The van der Waals surface area contributed by atoms with Gasteiger partial charge in [-0.25, -0.2) is 9.59 Å². The van der Waals surface area contributed by atoms with Crippen molar-refractivity contribution in [1.82, 2.24) is 5.32 Å². The predicted octanol–water partition coefficient (Wildman–Crippen LogP) is 2.01. The van der Waals surface area contributed by atoms with Gasteiger partial charge in [0.1, 0.15) is 0 Å². The highest BCUT2D eigenvalue weighted by Gasteiger charge is 2.03. The molecule has 0 saturated heterocycles. The zero-order valence-corrected chi connectivity index (χ0v) is 11.1. The molecule has 0 spiro atoms. The van der Waals surface area contributed by atoms with E-state index in [1.807, 2.05) is 6.92 Å². The Balaban J connectivity index is 3.58. The number of ether oxygens (including phenoxy) is 1. The van der Waals surface area contributed by atoms with Crippen LogP contribution in [0.2, 0.25) is 0 Å².